The normalized spacial score (nSPS) is 33.5. The molecule has 9 atom stereocenters. The number of rotatable bonds is 4. The first-order valence-corrected chi connectivity index (χ1v) is 21.3. The van der Waals surface area contributed by atoms with Crippen LogP contribution in [-0.2, 0) is 23.8 Å². The SMILES string of the molecule is CO[C@H]1/C=C/O[C@@]2(C)Oc3c(C)c(O)c4c(O)c(c5c(c4c3C2=O)=NC2(CCN(CC(C)C)CC2)N=5)NC(=O)/C(C)=C\C=C\[C@H](C)[C@H](O)[C@@H](C)[C@@H](O)[C@@H](C)[C@H](OC(C)=O)C1(C)O. The van der Waals surface area contributed by atoms with Gasteiger partial charge in [0.1, 0.15) is 40.4 Å². The maximum Gasteiger partial charge on any atom is 0.312 e. The van der Waals surface area contributed by atoms with Crippen LogP contribution in [0.2, 0.25) is 0 Å². The van der Waals surface area contributed by atoms with Crippen LogP contribution in [0.15, 0.2) is 46.1 Å². The zero-order chi connectivity index (χ0) is 45.8. The maximum atomic E-state index is 14.7. The smallest absolute Gasteiger partial charge is 0.312 e. The van der Waals surface area contributed by atoms with Crippen LogP contribution in [0.5, 0.6) is 17.2 Å². The molecule has 4 aliphatic heterocycles. The van der Waals surface area contributed by atoms with Gasteiger partial charge in [-0.15, -0.1) is 0 Å². The second-order valence-corrected chi connectivity index (χ2v) is 18.2. The average Bonchev–Trinajstić information content (AvgIpc) is 3.71. The van der Waals surface area contributed by atoms with E-state index in [1.54, 1.807) is 39.8 Å². The van der Waals surface area contributed by atoms with E-state index >= 15 is 0 Å². The number of nitrogens with one attached hydrogen (secondary N) is 1. The standard InChI is InChI=1S/C46H62N4O12/c1-22(2)21-50-18-16-46(17-19-50)48-33-30-31-38(54)26(6)40-32(30)41(56)45(10,62-40)60-20-15-29(59-11)44(9,58)42(61-28(8)51)27(7)37(53)25(5)36(52)23(3)13-12-14-24(4)43(57)47-35(39(31)55)34(33)49-46/h12-15,20,22-23,25,27,29,36-37,42,52-55,58H,16-19,21H2,1-11H3,(H,47,57)/b13-12+,20-15+,24-14-/t23-,25+,27+,29-,36-,37+,42-,44?,45-/m0/s1. The number of benzene rings is 2. The summed E-state index contributed by atoms with van der Waals surface area (Å²) in [6.07, 6.45) is 3.21. The zero-order valence-corrected chi connectivity index (χ0v) is 37.5. The van der Waals surface area contributed by atoms with Gasteiger partial charge < -0.3 is 54.7 Å². The number of methoxy groups -OCH3 is 1. The molecule has 4 bridgehead atoms. The Bertz CT molecular complexity index is 2350. The van der Waals surface area contributed by atoms with Crippen LogP contribution in [0.1, 0.15) is 91.1 Å². The summed E-state index contributed by atoms with van der Waals surface area (Å²) in [5.74, 6) is -6.85. The lowest BCUT2D eigenvalue weighted by atomic mass is 9.76. The van der Waals surface area contributed by atoms with E-state index < -0.39 is 88.4 Å². The number of phenolic OH excluding ortho intramolecular Hbond substituents is 2. The van der Waals surface area contributed by atoms with E-state index in [-0.39, 0.29) is 49.6 Å². The zero-order valence-electron chi connectivity index (χ0n) is 37.5. The number of aliphatic hydroxyl groups is 3. The molecule has 2 aromatic rings. The van der Waals surface area contributed by atoms with Crippen molar-refractivity contribution in [1.29, 1.82) is 0 Å². The van der Waals surface area contributed by atoms with Crippen molar-refractivity contribution in [2.24, 2.45) is 33.7 Å². The van der Waals surface area contributed by atoms with Crippen LogP contribution in [0.3, 0.4) is 0 Å². The van der Waals surface area contributed by atoms with Crippen LogP contribution in [0, 0.1) is 30.6 Å². The summed E-state index contributed by atoms with van der Waals surface area (Å²) in [5.41, 5.74) is -2.76. The van der Waals surface area contributed by atoms with Crippen molar-refractivity contribution >= 4 is 34.1 Å². The number of phenols is 2. The molecule has 6 rings (SSSR count). The number of carbonyl (C=O) groups is 3. The quantitative estimate of drug-likeness (QED) is 0.190. The van der Waals surface area contributed by atoms with Crippen LogP contribution < -0.4 is 20.8 Å². The second-order valence-electron chi connectivity index (χ2n) is 18.2. The molecule has 1 saturated heterocycles. The van der Waals surface area contributed by atoms with Crippen LogP contribution in [0.4, 0.5) is 5.69 Å². The molecule has 0 aliphatic carbocycles. The molecule has 6 N–H and O–H groups in total. The highest BCUT2D eigenvalue weighted by atomic mass is 16.7. The fourth-order valence-electron chi connectivity index (χ4n) is 9.25. The van der Waals surface area contributed by atoms with Crippen molar-refractivity contribution in [2.45, 2.75) is 124 Å². The third-order valence-corrected chi connectivity index (χ3v) is 12.9. The van der Waals surface area contributed by atoms with Gasteiger partial charge in [-0.3, -0.25) is 24.4 Å². The lowest BCUT2D eigenvalue weighted by molar-refractivity contribution is -0.194. The van der Waals surface area contributed by atoms with Gasteiger partial charge in [0, 0.05) is 87.7 Å². The molecule has 16 nitrogen and oxygen atoms in total. The molecule has 62 heavy (non-hydrogen) atoms. The number of nitrogens with zero attached hydrogens (tertiary/aromatic N) is 3. The average molecular weight is 863 g/mol. The molecule has 1 amide bonds. The maximum absolute atomic E-state index is 14.7. The molecule has 338 valence electrons. The minimum atomic E-state index is -2.05. The summed E-state index contributed by atoms with van der Waals surface area (Å²) < 4.78 is 23.6. The van der Waals surface area contributed by atoms with E-state index in [1.165, 1.54) is 47.0 Å². The third-order valence-electron chi connectivity index (χ3n) is 12.9. The van der Waals surface area contributed by atoms with Crippen molar-refractivity contribution < 1.29 is 58.9 Å². The lowest BCUT2D eigenvalue weighted by Gasteiger charge is -2.42. The number of amides is 1. The van der Waals surface area contributed by atoms with Gasteiger partial charge in [0.05, 0.1) is 34.8 Å². The molecule has 0 saturated carbocycles. The van der Waals surface area contributed by atoms with Gasteiger partial charge in [-0.05, 0) is 32.8 Å². The fourth-order valence-corrected chi connectivity index (χ4v) is 9.25. The molecule has 0 radical (unpaired) electrons. The third kappa shape index (κ3) is 8.34. The van der Waals surface area contributed by atoms with E-state index in [1.807, 2.05) is 0 Å². The molecular formula is C46H62N4O12. The first-order valence-electron chi connectivity index (χ1n) is 21.3. The Balaban J connectivity index is 1.55. The topological polar surface area (TPSA) is 229 Å². The molecule has 2 aromatic carbocycles. The van der Waals surface area contributed by atoms with E-state index in [0.29, 0.717) is 31.8 Å². The van der Waals surface area contributed by atoms with Gasteiger partial charge in [-0.2, -0.15) is 0 Å². The van der Waals surface area contributed by atoms with Gasteiger partial charge in [0.15, 0.2) is 11.4 Å². The number of piperidine rings is 1. The van der Waals surface area contributed by atoms with E-state index in [2.05, 4.69) is 24.1 Å². The number of carbonyl (C=O) groups excluding carboxylic acids is 3. The number of allylic oxidation sites excluding steroid dienone is 2. The van der Waals surface area contributed by atoms with Crippen LogP contribution in [-0.4, -0.2) is 116 Å². The van der Waals surface area contributed by atoms with Gasteiger partial charge in [0.2, 0.25) is 0 Å². The first kappa shape index (κ1) is 46.6. The second kappa shape index (κ2) is 17.4. The van der Waals surface area contributed by atoms with Gasteiger partial charge >= 0.3 is 11.8 Å². The molecule has 4 aliphatic rings. The number of likely N-dealkylation sites (tertiary alicyclic amines) is 1. The van der Waals surface area contributed by atoms with Crippen molar-refractivity contribution in [3.63, 3.8) is 0 Å². The predicted molar refractivity (Wildman–Crippen MR) is 229 cm³/mol. The number of ketones is 1. The Morgan fingerprint density at radius 1 is 0.984 bits per heavy atom. The number of aliphatic hydroxyl groups excluding tert-OH is 2. The summed E-state index contributed by atoms with van der Waals surface area (Å²) >= 11 is 0. The summed E-state index contributed by atoms with van der Waals surface area (Å²) in [6.45, 7) is 18.5. The van der Waals surface area contributed by atoms with Gasteiger partial charge in [-0.1, -0.05) is 52.8 Å². The van der Waals surface area contributed by atoms with Crippen molar-refractivity contribution in [3.05, 3.63) is 58.0 Å². The number of aromatic hydroxyl groups is 2. The number of hydrogen-bond donors (Lipinski definition) is 6. The summed E-state index contributed by atoms with van der Waals surface area (Å²) in [5, 5.41) is 62.1. The fraction of sp³-hybridized carbons (Fsp3) is 0.587. The Kier molecular flexibility index (Phi) is 13.1. The molecule has 1 unspecified atom stereocenters. The highest BCUT2D eigenvalue weighted by Crippen LogP contribution is 2.50. The molecule has 16 heteroatoms. The van der Waals surface area contributed by atoms with E-state index in [9.17, 15) is 39.9 Å². The van der Waals surface area contributed by atoms with Crippen molar-refractivity contribution in [1.82, 2.24) is 4.90 Å². The molecule has 4 heterocycles. The Morgan fingerprint density at radius 3 is 2.24 bits per heavy atom. The number of hydrogen-bond acceptors (Lipinski definition) is 15. The monoisotopic (exact) mass is 862 g/mol. The first-order chi connectivity index (χ1) is 29.0. The van der Waals surface area contributed by atoms with E-state index in [4.69, 9.17) is 28.9 Å². The highest BCUT2D eigenvalue weighted by Gasteiger charge is 2.51. The molecule has 1 spiro atoms. The summed E-state index contributed by atoms with van der Waals surface area (Å²) in [6, 6.07) is 0. The summed E-state index contributed by atoms with van der Waals surface area (Å²) in [7, 11) is 1.31. The lowest BCUT2D eigenvalue weighted by Crippen LogP contribution is -2.57. The Hall–Kier alpha value is -4.87. The minimum absolute atomic E-state index is 0.00756. The predicted octanol–water partition coefficient (Wildman–Crippen LogP) is 3.86. The molecule has 0 aromatic heterocycles. The highest BCUT2D eigenvalue weighted by molar-refractivity contribution is 6.19. The Labute approximate surface area is 361 Å². The number of ether oxygens (including phenoxy) is 4. The Morgan fingerprint density at radius 2 is 1.63 bits per heavy atom. The largest absolute Gasteiger partial charge is 0.507 e. The van der Waals surface area contributed by atoms with Gasteiger partial charge in [0.25, 0.3) is 11.7 Å². The number of Topliss-reactive ketones (excluding diaryl/α,β-unsaturated/α-hetero) is 1. The number of anilines is 1. The van der Waals surface area contributed by atoms with Gasteiger partial charge in [-0.25, -0.2) is 0 Å². The molecule has 1 fully saturated rings. The number of fused-ring (bicyclic) bond motifs is 1. The van der Waals surface area contributed by atoms with Crippen molar-refractivity contribution in [3.8, 4) is 17.2 Å². The molecular weight excluding hydrogens is 801 g/mol. The number of esters is 1. The minimum Gasteiger partial charge on any atom is -0.507 e. The van der Waals surface area contributed by atoms with E-state index in [0.717, 1.165) is 12.8 Å². The van der Waals surface area contributed by atoms with Crippen LogP contribution >= 0.6 is 0 Å². The summed E-state index contributed by atoms with van der Waals surface area (Å²) in [4.78, 5) is 53.7. The van der Waals surface area contributed by atoms with Crippen LogP contribution in [0.25, 0.3) is 10.8 Å². The van der Waals surface area contributed by atoms with Crippen molar-refractivity contribution in [2.75, 3.05) is 32.1 Å².